The Morgan fingerprint density at radius 2 is 2.12 bits per heavy atom. The minimum absolute atomic E-state index is 0.482. The van der Waals surface area contributed by atoms with E-state index in [9.17, 15) is 0 Å². The summed E-state index contributed by atoms with van der Waals surface area (Å²) in [7, 11) is 0. The van der Waals surface area contributed by atoms with Crippen LogP contribution in [0.15, 0.2) is 12.3 Å². The predicted octanol–water partition coefficient (Wildman–Crippen LogP) is 2.57. The number of anilines is 1. The first-order valence-corrected chi connectivity index (χ1v) is 6.77. The van der Waals surface area contributed by atoms with E-state index in [1.165, 1.54) is 25.7 Å². The van der Waals surface area contributed by atoms with Gasteiger partial charge < -0.3 is 10.6 Å². The molecule has 17 heavy (non-hydrogen) atoms. The molecule has 2 N–H and O–H groups in total. The van der Waals surface area contributed by atoms with Crippen LogP contribution in [0, 0.1) is 5.92 Å². The van der Waals surface area contributed by atoms with Crippen LogP contribution >= 0.6 is 11.6 Å². The van der Waals surface area contributed by atoms with Crippen molar-refractivity contribution >= 4 is 17.4 Å². The van der Waals surface area contributed by atoms with Crippen LogP contribution in [-0.2, 0) is 6.54 Å². The molecule has 0 saturated heterocycles. The second-order valence-electron chi connectivity index (χ2n) is 5.14. The average molecular weight is 252 g/mol. The summed E-state index contributed by atoms with van der Waals surface area (Å²) in [6.07, 6.45) is 7.09. The van der Waals surface area contributed by atoms with Crippen LogP contribution in [0.25, 0.3) is 0 Å². The maximum Gasteiger partial charge on any atom is 0.147 e. The molecule has 3 nitrogen and oxygen atoms in total. The van der Waals surface area contributed by atoms with Crippen LogP contribution in [0.3, 0.4) is 0 Å². The van der Waals surface area contributed by atoms with Gasteiger partial charge in [0.1, 0.15) is 5.82 Å². The Labute approximate surface area is 107 Å². The van der Waals surface area contributed by atoms with Gasteiger partial charge in [-0.05, 0) is 43.2 Å². The van der Waals surface area contributed by atoms with E-state index in [0.29, 0.717) is 12.6 Å². The molecule has 92 valence electrons. The molecule has 1 aromatic heterocycles. The molecule has 2 aliphatic rings. The van der Waals surface area contributed by atoms with Crippen LogP contribution in [0.4, 0.5) is 5.82 Å². The fourth-order valence-corrected chi connectivity index (χ4v) is 2.50. The van der Waals surface area contributed by atoms with Gasteiger partial charge in [0.25, 0.3) is 0 Å². The van der Waals surface area contributed by atoms with Crippen molar-refractivity contribution in [1.29, 1.82) is 0 Å². The summed E-state index contributed by atoms with van der Waals surface area (Å²) < 4.78 is 0. The fourth-order valence-electron chi connectivity index (χ4n) is 2.20. The van der Waals surface area contributed by atoms with Crippen molar-refractivity contribution in [3.8, 4) is 0 Å². The van der Waals surface area contributed by atoms with E-state index in [2.05, 4.69) is 9.88 Å². The quantitative estimate of drug-likeness (QED) is 0.875. The summed E-state index contributed by atoms with van der Waals surface area (Å²) in [6.45, 7) is 1.60. The van der Waals surface area contributed by atoms with Gasteiger partial charge in [0, 0.05) is 25.3 Å². The van der Waals surface area contributed by atoms with Gasteiger partial charge in [-0.15, -0.1) is 0 Å². The molecule has 2 aliphatic carbocycles. The van der Waals surface area contributed by atoms with E-state index in [-0.39, 0.29) is 0 Å². The fraction of sp³-hybridized carbons (Fsp3) is 0.615. The highest BCUT2D eigenvalue weighted by Gasteiger charge is 2.35. The molecule has 0 radical (unpaired) electrons. The number of aromatic nitrogens is 1. The van der Waals surface area contributed by atoms with Gasteiger partial charge in [-0.1, -0.05) is 11.6 Å². The molecule has 4 heteroatoms. The monoisotopic (exact) mass is 251 g/mol. The SMILES string of the molecule is NCc1ccnc(N(CC2CC2)C2CC2)c1Cl. The molecular weight excluding hydrogens is 234 g/mol. The van der Waals surface area contributed by atoms with E-state index in [4.69, 9.17) is 17.3 Å². The summed E-state index contributed by atoms with van der Waals surface area (Å²) in [6, 6.07) is 2.57. The number of nitrogens with zero attached hydrogens (tertiary/aromatic N) is 2. The van der Waals surface area contributed by atoms with Crippen molar-refractivity contribution in [3.63, 3.8) is 0 Å². The lowest BCUT2D eigenvalue weighted by atomic mass is 10.2. The molecule has 0 spiro atoms. The summed E-state index contributed by atoms with van der Waals surface area (Å²) in [5, 5.41) is 0.752. The standard InChI is InChI=1S/C13H18ClN3/c14-12-10(7-15)5-6-16-13(12)17(11-3-4-11)8-9-1-2-9/h5-6,9,11H,1-4,7-8,15H2. The average Bonchev–Trinajstić information content (AvgIpc) is 3.19. The van der Waals surface area contributed by atoms with Gasteiger partial charge in [0.2, 0.25) is 0 Å². The second-order valence-corrected chi connectivity index (χ2v) is 5.52. The lowest BCUT2D eigenvalue weighted by Gasteiger charge is -2.25. The summed E-state index contributed by atoms with van der Waals surface area (Å²) in [4.78, 5) is 6.87. The first kappa shape index (κ1) is 11.3. The molecule has 0 unspecified atom stereocenters. The van der Waals surface area contributed by atoms with Gasteiger partial charge in [-0.3, -0.25) is 0 Å². The van der Waals surface area contributed by atoms with Gasteiger partial charge in [0.05, 0.1) is 5.02 Å². The van der Waals surface area contributed by atoms with Crippen LogP contribution < -0.4 is 10.6 Å². The van der Waals surface area contributed by atoms with Crippen molar-refractivity contribution in [1.82, 2.24) is 4.98 Å². The topological polar surface area (TPSA) is 42.1 Å². The molecule has 0 bridgehead atoms. The van der Waals surface area contributed by atoms with Crippen molar-refractivity contribution in [2.45, 2.75) is 38.3 Å². The normalized spacial score (nSPS) is 19.4. The minimum atomic E-state index is 0.482. The highest BCUT2D eigenvalue weighted by molar-refractivity contribution is 6.33. The predicted molar refractivity (Wildman–Crippen MR) is 70.2 cm³/mol. The van der Waals surface area contributed by atoms with E-state index in [1.54, 1.807) is 0 Å². The van der Waals surface area contributed by atoms with Crippen molar-refractivity contribution in [2.75, 3.05) is 11.4 Å². The van der Waals surface area contributed by atoms with Crippen molar-refractivity contribution < 1.29 is 0 Å². The third-order valence-corrected chi connectivity index (χ3v) is 3.99. The molecule has 3 rings (SSSR count). The van der Waals surface area contributed by atoms with Gasteiger partial charge >= 0.3 is 0 Å². The van der Waals surface area contributed by atoms with E-state index in [0.717, 1.165) is 28.9 Å². The summed E-state index contributed by atoms with van der Waals surface area (Å²) in [5.41, 5.74) is 6.69. The number of hydrogen-bond acceptors (Lipinski definition) is 3. The molecule has 1 heterocycles. The molecule has 0 aromatic carbocycles. The maximum atomic E-state index is 6.40. The zero-order valence-corrected chi connectivity index (χ0v) is 10.7. The highest BCUT2D eigenvalue weighted by atomic mass is 35.5. The molecule has 0 aliphatic heterocycles. The third kappa shape index (κ3) is 2.40. The van der Waals surface area contributed by atoms with Crippen LogP contribution in [0.5, 0.6) is 0 Å². The first-order chi connectivity index (χ1) is 8.29. The molecular formula is C13H18ClN3. The van der Waals surface area contributed by atoms with E-state index in [1.807, 2.05) is 12.3 Å². The number of pyridine rings is 1. The minimum Gasteiger partial charge on any atom is -0.352 e. The van der Waals surface area contributed by atoms with Crippen molar-refractivity contribution in [2.24, 2.45) is 11.7 Å². The third-order valence-electron chi connectivity index (χ3n) is 3.58. The maximum absolute atomic E-state index is 6.40. The first-order valence-electron chi connectivity index (χ1n) is 6.39. The molecule has 1 aromatic rings. The molecule has 2 saturated carbocycles. The Bertz CT molecular complexity index is 413. The second kappa shape index (κ2) is 4.46. The largest absolute Gasteiger partial charge is 0.352 e. The molecule has 2 fully saturated rings. The zero-order valence-electron chi connectivity index (χ0n) is 9.90. The Morgan fingerprint density at radius 1 is 1.35 bits per heavy atom. The van der Waals surface area contributed by atoms with Crippen LogP contribution in [0.2, 0.25) is 5.02 Å². The van der Waals surface area contributed by atoms with Crippen LogP contribution in [-0.4, -0.2) is 17.6 Å². The van der Waals surface area contributed by atoms with Gasteiger partial charge in [-0.25, -0.2) is 4.98 Å². The summed E-state index contributed by atoms with van der Waals surface area (Å²) >= 11 is 6.40. The number of hydrogen-bond donors (Lipinski definition) is 1. The Morgan fingerprint density at radius 3 is 2.71 bits per heavy atom. The highest BCUT2D eigenvalue weighted by Crippen LogP contribution is 2.39. The van der Waals surface area contributed by atoms with Crippen LogP contribution in [0.1, 0.15) is 31.2 Å². The number of halogens is 1. The zero-order chi connectivity index (χ0) is 11.8. The van der Waals surface area contributed by atoms with Crippen molar-refractivity contribution in [3.05, 3.63) is 22.8 Å². The molecule has 0 atom stereocenters. The Balaban J connectivity index is 1.88. The van der Waals surface area contributed by atoms with Gasteiger partial charge in [0.15, 0.2) is 0 Å². The number of rotatable bonds is 5. The number of nitrogens with two attached hydrogens (primary N) is 1. The summed E-state index contributed by atoms with van der Waals surface area (Å²) in [5.74, 6) is 1.80. The molecule has 0 amide bonds. The lowest BCUT2D eigenvalue weighted by Crippen LogP contribution is -2.29. The smallest absolute Gasteiger partial charge is 0.147 e. The van der Waals surface area contributed by atoms with E-state index >= 15 is 0 Å². The Kier molecular flexibility index (Phi) is 2.97. The van der Waals surface area contributed by atoms with E-state index < -0.39 is 0 Å². The Hall–Kier alpha value is -0.800. The lowest BCUT2D eigenvalue weighted by molar-refractivity contribution is 0.708. The van der Waals surface area contributed by atoms with Gasteiger partial charge in [-0.2, -0.15) is 0 Å².